The van der Waals surface area contributed by atoms with E-state index in [4.69, 9.17) is 5.11 Å². The highest BCUT2D eigenvalue weighted by Crippen LogP contribution is 2.18. The fourth-order valence-corrected chi connectivity index (χ4v) is 2.68. The number of fused-ring (bicyclic) bond motifs is 1. The first-order chi connectivity index (χ1) is 11.5. The molecule has 24 heavy (non-hydrogen) atoms. The van der Waals surface area contributed by atoms with Gasteiger partial charge in [0.25, 0.3) is 5.56 Å². The second-order valence-corrected chi connectivity index (χ2v) is 5.65. The Balaban J connectivity index is 2.21. The van der Waals surface area contributed by atoms with Crippen LogP contribution in [0.4, 0.5) is 5.95 Å². The zero-order chi connectivity index (χ0) is 17.3. The van der Waals surface area contributed by atoms with Crippen LogP contribution in [0, 0.1) is 6.92 Å². The van der Waals surface area contributed by atoms with Gasteiger partial charge in [-0.1, -0.05) is 29.8 Å². The second-order valence-electron chi connectivity index (χ2n) is 5.65. The molecule has 3 N–H and O–H groups in total. The van der Waals surface area contributed by atoms with E-state index in [2.05, 4.69) is 15.3 Å². The lowest BCUT2D eigenvalue weighted by Crippen LogP contribution is -2.29. The molecule has 0 saturated heterocycles. The number of nitrogens with zero attached hydrogens (tertiary/aromatic N) is 3. The van der Waals surface area contributed by atoms with Crippen molar-refractivity contribution in [3.63, 3.8) is 0 Å². The Morgan fingerprint density at radius 3 is 2.83 bits per heavy atom. The van der Waals surface area contributed by atoms with E-state index in [-0.39, 0.29) is 6.61 Å². The van der Waals surface area contributed by atoms with Gasteiger partial charge in [-0.25, -0.2) is 4.79 Å². The van der Waals surface area contributed by atoms with Gasteiger partial charge in [-0.3, -0.25) is 18.9 Å². The van der Waals surface area contributed by atoms with Crippen LogP contribution < -0.4 is 16.6 Å². The maximum absolute atomic E-state index is 12.3. The zero-order valence-electron chi connectivity index (χ0n) is 13.5. The Bertz CT molecular complexity index is 999. The van der Waals surface area contributed by atoms with Crippen molar-refractivity contribution >= 4 is 17.1 Å². The van der Waals surface area contributed by atoms with E-state index in [1.54, 1.807) is 11.6 Å². The SMILES string of the molecule is Cc1cccc(Cn2c(NCCO)nc3c2c(=O)[nH]c(=O)n3C)c1. The molecule has 0 unspecified atom stereocenters. The smallest absolute Gasteiger partial charge is 0.329 e. The number of aromatic amines is 1. The Morgan fingerprint density at radius 1 is 1.33 bits per heavy atom. The van der Waals surface area contributed by atoms with Gasteiger partial charge in [0.05, 0.1) is 13.2 Å². The number of aliphatic hydroxyl groups excluding tert-OH is 1. The number of rotatable bonds is 5. The number of nitrogens with one attached hydrogen (secondary N) is 2. The third-order valence-corrected chi connectivity index (χ3v) is 3.83. The van der Waals surface area contributed by atoms with Crippen LogP contribution in [0.3, 0.4) is 0 Å². The Kier molecular flexibility index (Phi) is 4.22. The molecule has 126 valence electrons. The van der Waals surface area contributed by atoms with Gasteiger partial charge < -0.3 is 10.4 Å². The van der Waals surface area contributed by atoms with E-state index in [9.17, 15) is 9.59 Å². The molecule has 0 radical (unpaired) electrons. The van der Waals surface area contributed by atoms with Gasteiger partial charge >= 0.3 is 5.69 Å². The normalized spacial score (nSPS) is 11.1. The molecule has 0 atom stereocenters. The molecule has 8 nitrogen and oxygen atoms in total. The van der Waals surface area contributed by atoms with Crippen LogP contribution in [0.15, 0.2) is 33.9 Å². The van der Waals surface area contributed by atoms with Gasteiger partial charge in [0.1, 0.15) is 0 Å². The van der Waals surface area contributed by atoms with Gasteiger partial charge in [0.15, 0.2) is 11.2 Å². The average Bonchev–Trinajstić information content (AvgIpc) is 2.90. The molecular weight excluding hydrogens is 310 g/mol. The first-order valence-corrected chi connectivity index (χ1v) is 7.61. The minimum Gasteiger partial charge on any atom is -0.395 e. The van der Waals surface area contributed by atoms with Crippen molar-refractivity contribution in [1.29, 1.82) is 0 Å². The summed E-state index contributed by atoms with van der Waals surface area (Å²) in [5.41, 5.74) is 1.75. The molecule has 3 rings (SSSR count). The Hall–Kier alpha value is -2.87. The molecular formula is C16H19N5O3. The van der Waals surface area contributed by atoms with E-state index in [0.717, 1.165) is 11.1 Å². The van der Waals surface area contributed by atoms with Gasteiger partial charge in [0, 0.05) is 13.6 Å². The maximum atomic E-state index is 12.3. The number of imidazole rings is 1. The highest BCUT2D eigenvalue weighted by Gasteiger charge is 2.17. The second kappa shape index (κ2) is 6.32. The molecule has 0 amide bonds. The summed E-state index contributed by atoms with van der Waals surface area (Å²) in [7, 11) is 1.56. The van der Waals surface area contributed by atoms with E-state index in [1.807, 2.05) is 31.2 Å². The number of hydrogen-bond donors (Lipinski definition) is 3. The number of H-pyrrole nitrogens is 1. The number of anilines is 1. The first kappa shape index (κ1) is 16.0. The fourth-order valence-electron chi connectivity index (χ4n) is 2.68. The Labute approximate surface area is 137 Å². The molecule has 0 aliphatic rings. The van der Waals surface area contributed by atoms with Gasteiger partial charge in [-0.15, -0.1) is 0 Å². The lowest BCUT2D eigenvalue weighted by Gasteiger charge is -2.10. The highest BCUT2D eigenvalue weighted by atomic mass is 16.3. The number of aliphatic hydroxyl groups is 1. The predicted molar refractivity (Wildman–Crippen MR) is 91.5 cm³/mol. The van der Waals surface area contributed by atoms with E-state index < -0.39 is 11.2 Å². The minimum absolute atomic E-state index is 0.0665. The standard InChI is InChI=1S/C16H19N5O3/c1-10-4-3-5-11(8-10)9-21-12-13(18-15(21)17-6-7-22)20(2)16(24)19-14(12)23/h3-5,8,22H,6-7,9H2,1-2H3,(H,17,18)(H,19,23,24). The van der Waals surface area contributed by atoms with Gasteiger partial charge in [-0.2, -0.15) is 4.98 Å². The fraction of sp³-hybridized carbons (Fsp3) is 0.312. The highest BCUT2D eigenvalue weighted by molar-refractivity contribution is 5.74. The van der Waals surface area contributed by atoms with Crippen LogP contribution in [0.5, 0.6) is 0 Å². The van der Waals surface area contributed by atoms with Crippen molar-refractivity contribution < 1.29 is 5.11 Å². The lowest BCUT2D eigenvalue weighted by molar-refractivity contribution is 0.310. The van der Waals surface area contributed by atoms with Crippen molar-refractivity contribution in [2.45, 2.75) is 13.5 Å². The van der Waals surface area contributed by atoms with Crippen LogP contribution in [-0.4, -0.2) is 37.4 Å². The lowest BCUT2D eigenvalue weighted by atomic mass is 10.1. The van der Waals surface area contributed by atoms with Crippen molar-refractivity contribution in [2.24, 2.45) is 7.05 Å². The van der Waals surface area contributed by atoms with Crippen molar-refractivity contribution in [2.75, 3.05) is 18.5 Å². The molecule has 0 saturated carbocycles. The summed E-state index contributed by atoms with van der Waals surface area (Å²) in [4.78, 5) is 30.8. The summed E-state index contributed by atoms with van der Waals surface area (Å²) < 4.78 is 3.02. The summed E-state index contributed by atoms with van der Waals surface area (Å²) in [5.74, 6) is 0.437. The molecule has 8 heteroatoms. The van der Waals surface area contributed by atoms with E-state index in [0.29, 0.717) is 30.2 Å². The van der Waals surface area contributed by atoms with Crippen LogP contribution >= 0.6 is 0 Å². The quantitative estimate of drug-likeness (QED) is 0.619. The van der Waals surface area contributed by atoms with Gasteiger partial charge in [0.2, 0.25) is 5.95 Å². The summed E-state index contributed by atoms with van der Waals surface area (Å²) in [5, 5.41) is 12.0. The Morgan fingerprint density at radius 2 is 2.12 bits per heavy atom. The van der Waals surface area contributed by atoms with E-state index >= 15 is 0 Å². The molecule has 0 fully saturated rings. The number of hydrogen-bond acceptors (Lipinski definition) is 5. The third kappa shape index (κ3) is 2.83. The number of benzene rings is 1. The molecule has 3 aromatic rings. The van der Waals surface area contributed by atoms with Crippen LogP contribution in [0.25, 0.3) is 11.2 Å². The summed E-state index contributed by atoms with van der Waals surface area (Å²) in [6, 6.07) is 7.93. The summed E-state index contributed by atoms with van der Waals surface area (Å²) >= 11 is 0. The number of aryl methyl sites for hydroxylation is 2. The summed E-state index contributed by atoms with van der Waals surface area (Å²) in [6.07, 6.45) is 0. The summed E-state index contributed by atoms with van der Waals surface area (Å²) in [6.45, 7) is 2.65. The minimum atomic E-state index is -0.513. The van der Waals surface area contributed by atoms with Gasteiger partial charge in [-0.05, 0) is 12.5 Å². The molecule has 0 spiro atoms. The van der Waals surface area contributed by atoms with Crippen LogP contribution in [0.1, 0.15) is 11.1 Å². The largest absolute Gasteiger partial charge is 0.395 e. The predicted octanol–water partition coefficient (Wildman–Crippen LogP) is 0.184. The first-order valence-electron chi connectivity index (χ1n) is 7.61. The average molecular weight is 329 g/mol. The van der Waals surface area contributed by atoms with E-state index in [1.165, 1.54) is 4.57 Å². The molecule has 0 bridgehead atoms. The van der Waals surface area contributed by atoms with Crippen LogP contribution in [-0.2, 0) is 13.6 Å². The maximum Gasteiger partial charge on any atom is 0.329 e. The van der Waals surface area contributed by atoms with Crippen molar-refractivity contribution in [3.8, 4) is 0 Å². The van der Waals surface area contributed by atoms with Crippen molar-refractivity contribution in [3.05, 3.63) is 56.2 Å². The van der Waals surface area contributed by atoms with Crippen molar-refractivity contribution in [1.82, 2.24) is 19.1 Å². The molecule has 2 heterocycles. The molecule has 0 aliphatic heterocycles. The zero-order valence-corrected chi connectivity index (χ0v) is 13.5. The molecule has 2 aromatic heterocycles. The van der Waals surface area contributed by atoms with Crippen LogP contribution in [0.2, 0.25) is 0 Å². The topological polar surface area (TPSA) is 105 Å². The molecule has 1 aromatic carbocycles. The monoisotopic (exact) mass is 329 g/mol. The number of aromatic nitrogens is 4. The molecule has 0 aliphatic carbocycles. The third-order valence-electron chi connectivity index (χ3n) is 3.83.